The Balaban J connectivity index is 1.80. The molecule has 0 bridgehead atoms. The Morgan fingerprint density at radius 3 is 1.28 bits per heavy atom. The van der Waals surface area contributed by atoms with Gasteiger partial charge in [0.05, 0.1) is 19.8 Å². The Labute approximate surface area is 366 Å². The van der Waals surface area contributed by atoms with E-state index in [4.69, 9.17) is 28.4 Å². The van der Waals surface area contributed by atoms with Crippen molar-refractivity contribution in [2.45, 2.75) is 255 Å². The highest BCUT2D eigenvalue weighted by molar-refractivity contribution is 5.70. The van der Waals surface area contributed by atoms with Crippen LogP contribution in [0.25, 0.3) is 0 Å². The summed E-state index contributed by atoms with van der Waals surface area (Å²) in [5.74, 6) is -0.918. The van der Waals surface area contributed by atoms with E-state index in [0.717, 1.165) is 38.5 Å². The highest BCUT2D eigenvalue weighted by Crippen LogP contribution is 2.26. The van der Waals surface area contributed by atoms with Crippen LogP contribution in [0.2, 0.25) is 0 Å². The van der Waals surface area contributed by atoms with Crippen molar-refractivity contribution in [2.24, 2.45) is 0 Å². The molecule has 4 unspecified atom stereocenters. The van der Waals surface area contributed by atoms with Gasteiger partial charge < -0.3 is 64.2 Å². The third-order valence-electron chi connectivity index (χ3n) is 11.8. The molecule has 0 aromatic carbocycles. The number of aliphatic hydroxyl groups is 7. The lowest BCUT2D eigenvalue weighted by atomic mass is 9.98. The number of ether oxygens (including phenoxy) is 6. The van der Waals surface area contributed by atoms with Crippen molar-refractivity contribution in [3.8, 4) is 0 Å². The van der Waals surface area contributed by atoms with Crippen molar-refractivity contribution in [2.75, 3.05) is 26.4 Å². The number of carbonyl (C=O) groups excluding carboxylic acids is 2. The molecule has 0 amide bonds. The minimum Gasteiger partial charge on any atom is -0.462 e. The summed E-state index contributed by atoms with van der Waals surface area (Å²) in [5.41, 5.74) is 0. The van der Waals surface area contributed by atoms with Gasteiger partial charge in [0, 0.05) is 12.8 Å². The van der Waals surface area contributed by atoms with Crippen LogP contribution in [0.15, 0.2) is 0 Å². The average molecular weight is 879 g/mol. The lowest BCUT2D eigenvalue weighted by Gasteiger charge is -2.42. The van der Waals surface area contributed by atoms with Gasteiger partial charge in [-0.3, -0.25) is 9.59 Å². The van der Waals surface area contributed by atoms with Crippen LogP contribution in [0.5, 0.6) is 0 Å². The fourth-order valence-corrected chi connectivity index (χ4v) is 7.81. The highest BCUT2D eigenvalue weighted by Gasteiger charge is 2.47. The van der Waals surface area contributed by atoms with Gasteiger partial charge in [0.15, 0.2) is 18.7 Å². The maximum Gasteiger partial charge on any atom is 0.306 e. The second-order valence-electron chi connectivity index (χ2n) is 17.3. The molecule has 0 aromatic rings. The van der Waals surface area contributed by atoms with Crippen molar-refractivity contribution in [1.29, 1.82) is 0 Å². The van der Waals surface area contributed by atoms with Crippen LogP contribution in [0.4, 0.5) is 0 Å². The topological polar surface area (TPSA) is 231 Å². The number of esters is 2. The minimum absolute atomic E-state index is 0.173. The zero-order valence-electron chi connectivity index (χ0n) is 37.7. The summed E-state index contributed by atoms with van der Waals surface area (Å²) in [6.45, 7) is 2.57. The van der Waals surface area contributed by atoms with Gasteiger partial charge in [-0.05, 0) is 12.8 Å². The lowest BCUT2D eigenvalue weighted by Crippen LogP contribution is -2.61. The largest absolute Gasteiger partial charge is 0.462 e. The molecule has 11 atom stereocenters. The van der Waals surface area contributed by atoms with E-state index in [-0.39, 0.29) is 26.1 Å². The van der Waals surface area contributed by atoms with E-state index in [1.54, 1.807) is 0 Å². The van der Waals surface area contributed by atoms with Crippen molar-refractivity contribution in [1.82, 2.24) is 0 Å². The molecule has 2 aliphatic rings. The van der Waals surface area contributed by atoms with Gasteiger partial charge in [-0.25, -0.2) is 0 Å². The second-order valence-corrected chi connectivity index (χ2v) is 17.3. The lowest BCUT2D eigenvalue weighted by molar-refractivity contribution is -0.332. The first-order valence-corrected chi connectivity index (χ1v) is 24.1. The first kappa shape index (κ1) is 55.6. The first-order valence-electron chi connectivity index (χ1n) is 24.1. The summed E-state index contributed by atoms with van der Waals surface area (Å²) in [6.07, 6.45) is 13.0. The SMILES string of the molecule is CCCCCCCCCCCCCCCCCCCC(=O)O[C@H](COC(=O)CCCCCCCCCC)CO[C@H]1O[C@@H](CO[C@H]2O[C@@H](CO)[C@@H](O)C(O)C2O)[C@@H](O)C(O)C1O. The number of rotatable bonds is 37. The monoisotopic (exact) mass is 879 g/mol. The van der Waals surface area contributed by atoms with Crippen LogP contribution in [-0.2, 0) is 38.0 Å². The zero-order chi connectivity index (χ0) is 44.7. The third kappa shape index (κ3) is 23.8. The number of aliphatic hydroxyl groups excluding tert-OH is 7. The van der Waals surface area contributed by atoms with E-state index in [1.807, 2.05) is 0 Å². The molecule has 0 aliphatic carbocycles. The molecular weight excluding hydrogens is 792 g/mol. The predicted octanol–water partition coefficient (Wildman–Crippen LogP) is 5.65. The summed E-state index contributed by atoms with van der Waals surface area (Å²) in [4.78, 5) is 25.6. The van der Waals surface area contributed by atoms with Gasteiger partial charge in [0.2, 0.25) is 0 Å². The molecule has 2 rings (SSSR count). The molecule has 0 spiro atoms. The standard InChI is InChI=1S/C46H86O15/c1-3-5-7-9-11-13-14-15-16-17-18-19-20-21-23-25-27-29-38(49)59-34(31-56-37(48)28-26-24-22-12-10-8-6-4-2)32-57-45-44(55)42(53)40(51)36(61-45)33-58-46-43(54)41(52)39(50)35(30-47)60-46/h34-36,39-47,50-55H,3-33H2,1-2H3/t34-,35+,36+,39-,40-,41?,42?,43?,44?,45+,46+/m1/s1. The summed E-state index contributed by atoms with van der Waals surface area (Å²) in [7, 11) is 0. The Morgan fingerprint density at radius 1 is 0.459 bits per heavy atom. The number of hydrogen-bond donors (Lipinski definition) is 7. The maximum atomic E-state index is 12.9. The van der Waals surface area contributed by atoms with Gasteiger partial charge in [0.1, 0.15) is 55.4 Å². The molecule has 2 saturated heterocycles. The fraction of sp³-hybridized carbons (Fsp3) is 0.957. The van der Waals surface area contributed by atoms with Crippen molar-refractivity contribution >= 4 is 11.9 Å². The minimum atomic E-state index is -1.76. The van der Waals surface area contributed by atoms with Crippen LogP contribution in [0.3, 0.4) is 0 Å². The Bertz CT molecular complexity index is 1080. The molecule has 2 heterocycles. The van der Waals surface area contributed by atoms with Crippen molar-refractivity contribution < 1.29 is 73.8 Å². The second kappa shape index (κ2) is 34.8. The molecule has 2 fully saturated rings. The number of carbonyl (C=O) groups is 2. The molecular formula is C46H86O15. The molecule has 15 nitrogen and oxygen atoms in total. The molecule has 0 aromatic heterocycles. The highest BCUT2D eigenvalue weighted by atomic mass is 16.7. The Morgan fingerprint density at radius 2 is 0.836 bits per heavy atom. The van der Waals surface area contributed by atoms with Crippen LogP contribution in [-0.4, -0.2) is 142 Å². The Hall–Kier alpha value is -1.50. The van der Waals surface area contributed by atoms with E-state index in [0.29, 0.717) is 12.8 Å². The van der Waals surface area contributed by atoms with E-state index >= 15 is 0 Å². The fourth-order valence-electron chi connectivity index (χ4n) is 7.81. The Kier molecular flexibility index (Phi) is 31.8. The normalized spacial score (nSPS) is 27.2. The quantitative estimate of drug-likeness (QED) is 0.0295. The first-order chi connectivity index (χ1) is 29.5. The van der Waals surface area contributed by atoms with Crippen LogP contribution in [0, 0.1) is 0 Å². The molecule has 0 saturated carbocycles. The maximum absolute atomic E-state index is 12.9. The summed E-state index contributed by atoms with van der Waals surface area (Å²) < 4.78 is 33.4. The third-order valence-corrected chi connectivity index (χ3v) is 11.8. The van der Waals surface area contributed by atoms with E-state index in [2.05, 4.69) is 13.8 Å². The van der Waals surface area contributed by atoms with E-state index < -0.39 is 92.7 Å². The van der Waals surface area contributed by atoms with Gasteiger partial charge in [-0.1, -0.05) is 162 Å². The van der Waals surface area contributed by atoms with Gasteiger partial charge in [-0.15, -0.1) is 0 Å². The van der Waals surface area contributed by atoms with Crippen LogP contribution in [0.1, 0.15) is 187 Å². The van der Waals surface area contributed by atoms with E-state index in [9.17, 15) is 45.3 Å². The van der Waals surface area contributed by atoms with Crippen LogP contribution < -0.4 is 0 Å². The van der Waals surface area contributed by atoms with E-state index in [1.165, 1.54) is 109 Å². The number of unbranched alkanes of at least 4 members (excludes halogenated alkanes) is 23. The summed E-state index contributed by atoms with van der Waals surface area (Å²) in [6, 6.07) is 0. The molecule has 15 heteroatoms. The number of hydrogen-bond acceptors (Lipinski definition) is 15. The smallest absolute Gasteiger partial charge is 0.306 e. The summed E-state index contributed by atoms with van der Waals surface area (Å²) >= 11 is 0. The van der Waals surface area contributed by atoms with Crippen molar-refractivity contribution in [3.05, 3.63) is 0 Å². The molecule has 0 radical (unpaired) electrons. The predicted molar refractivity (Wildman–Crippen MR) is 229 cm³/mol. The van der Waals surface area contributed by atoms with Gasteiger partial charge >= 0.3 is 11.9 Å². The average Bonchev–Trinajstić information content (AvgIpc) is 3.25. The van der Waals surface area contributed by atoms with Gasteiger partial charge in [-0.2, -0.15) is 0 Å². The van der Waals surface area contributed by atoms with Gasteiger partial charge in [0.25, 0.3) is 0 Å². The molecule has 2 aliphatic heterocycles. The van der Waals surface area contributed by atoms with Crippen LogP contribution >= 0.6 is 0 Å². The molecule has 7 N–H and O–H groups in total. The summed E-state index contributed by atoms with van der Waals surface area (Å²) in [5, 5.41) is 71.8. The zero-order valence-corrected chi connectivity index (χ0v) is 37.7. The molecule has 61 heavy (non-hydrogen) atoms. The molecule has 360 valence electrons. The van der Waals surface area contributed by atoms with Crippen molar-refractivity contribution in [3.63, 3.8) is 0 Å².